The predicted molar refractivity (Wildman–Crippen MR) is 52.5 cm³/mol. The van der Waals surface area contributed by atoms with Crippen LogP contribution in [0.15, 0.2) is 24.3 Å². The Labute approximate surface area is 79.1 Å². The highest BCUT2D eigenvalue weighted by atomic mass is 127. The Balaban J connectivity index is 2.90. The van der Waals surface area contributed by atoms with Crippen molar-refractivity contribution in [1.29, 1.82) is 0 Å². The Morgan fingerprint density at radius 3 is 2.36 bits per heavy atom. The van der Waals surface area contributed by atoms with Crippen molar-refractivity contribution in [1.82, 2.24) is 5.32 Å². The molecule has 0 aliphatic heterocycles. The SMILES string of the molecule is CNC(=O)c1ccc(I)cc1. The molecule has 0 spiro atoms. The van der Waals surface area contributed by atoms with Gasteiger partial charge in [0.2, 0.25) is 0 Å². The molecule has 0 aromatic heterocycles. The van der Waals surface area contributed by atoms with Crippen molar-refractivity contribution in [2.75, 3.05) is 7.05 Å². The minimum Gasteiger partial charge on any atom is -0.355 e. The van der Waals surface area contributed by atoms with E-state index in [2.05, 4.69) is 27.9 Å². The predicted octanol–water partition coefficient (Wildman–Crippen LogP) is 1.65. The Kier molecular flexibility index (Phi) is 2.87. The van der Waals surface area contributed by atoms with Crippen LogP contribution in [-0.4, -0.2) is 13.0 Å². The van der Waals surface area contributed by atoms with Gasteiger partial charge in [-0.2, -0.15) is 0 Å². The molecule has 0 saturated heterocycles. The van der Waals surface area contributed by atoms with Crippen molar-refractivity contribution in [2.45, 2.75) is 0 Å². The van der Waals surface area contributed by atoms with Crippen molar-refractivity contribution in [3.8, 4) is 0 Å². The van der Waals surface area contributed by atoms with Crippen LogP contribution < -0.4 is 5.32 Å². The van der Waals surface area contributed by atoms with E-state index in [0.29, 0.717) is 5.56 Å². The summed E-state index contributed by atoms with van der Waals surface area (Å²) in [5.41, 5.74) is 0.702. The molecule has 11 heavy (non-hydrogen) atoms. The summed E-state index contributed by atoms with van der Waals surface area (Å²) in [6.45, 7) is 0. The molecule has 0 atom stereocenters. The van der Waals surface area contributed by atoms with Crippen LogP contribution in [0.25, 0.3) is 0 Å². The summed E-state index contributed by atoms with van der Waals surface area (Å²) < 4.78 is 1.13. The largest absolute Gasteiger partial charge is 0.355 e. The molecule has 1 rings (SSSR count). The van der Waals surface area contributed by atoms with Gasteiger partial charge in [0, 0.05) is 16.2 Å². The van der Waals surface area contributed by atoms with Crippen LogP contribution in [0.3, 0.4) is 0 Å². The molecule has 0 radical (unpaired) electrons. The average molecular weight is 261 g/mol. The fourth-order valence-electron chi connectivity index (χ4n) is 0.746. The number of amides is 1. The first-order valence-electron chi connectivity index (χ1n) is 3.21. The molecule has 0 heterocycles. The molecule has 0 aliphatic carbocycles. The highest BCUT2D eigenvalue weighted by Crippen LogP contribution is 2.05. The normalized spacial score (nSPS) is 9.27. The van der Waals surface area contributed by atoms with Gasteiger partial charge in [-0.05, 0) is 46.9 Å². The van der Waals surface area contributed by atoms with Gasteiger partial charge >= 0.3 is 0 Å². The summed E-state index contributed by atoms with van der Waals surface area (Å²) in [5, 5.41) is 2.56. The molecule has 3 heteroatoms. The van der Waals surface area contributed by atoms with Crippen LogP contribution >= 0.6 is 22.6 Å². The molecule has 1 aromatic rings. The maximum absolute atomic E-state index is 11.0. The molecule has 0 aliphatic rings. The summed E-state index contributed by atoms with van der Waals surface area (Å²) in [6, 6.07) is 7.43. The Bertz CT molecular complexity index is 255. The Morgan fingerprint density at radius 2 is 1.91 bits per heavy atom. The van der Waals surface area contributed by atoms with Crippen molar-refractivity contribution in [3.63, 3.8) is 0 Å². The van der Waals surface area contributed by atoms with E-state index in [9.17, 15) is 4.79 Å². The van der Waals surface area contributed by atoms with E-state index in [1.54, 1.807) is 19.2 Å². The molecule has 0 unspecified atom stereocenters. The second-order valence-electron chi connectivity index (χ2n) is 2.09. The zero-order valence-electron chi connectivity index (χ0n) is 6.10. The zero-order chi connectivity index (χ0) is 8.27. The lowest BCUT2D eigenvalue weighted by atomic mass is 10.2. The number of halogens is 1. The quantitative estimate of drug-likeness (QED) is 0.765. The molecular weight excluding hydrogens is 253 g/mol. The summed E-state index contributed by atoms with van der Waals surface area (Å²) in [5.74, 6) is -0.0404. The van der Waals surface area contributed by atoms with Crippen molar-refractivity contribution in [3.05, 3.63) is 33.4 Å². The number of rotatable bonds is 1. The van der Waals surface area contributed by atoms with Crippen molar-refractivity contribution < 1.29 is 4.79 Å². The fourth-order valence-corrected chi connectivity index (χ4v) is 1.11. The zero-order valence-corrected chi connectivity index (χ0v) is 8.25. The second-order valence-corrected chi connectivity index (χ2v) is 3.33. The maximum atomic E-state index is 11.0. The monoisotopic (exact) mass is 261 g/mol. The minimum absolute atomic E-state index is 0.0404. The van der Waals surface area contributed by atoms with Crippen LogP contribution in [0.2, 0.25) is 0 Å². The topological polar surface area (TPSA) is 29.1 Å². The molecule has 1 amide bonds. The smallest absolute Gasteiger partial charge is 0.251 e. The van der Waals surface area contributed by atoms with Crippen molar-refractivity contribution in [2.24, 2.45) is 0 Å². The van der Waals surface area contributed by atoms with Gasteiger partial charge in [-0.25, -0.2) is 0 Å². The van der Waals surface area contributed by atoms with E-state index >= 15 is 0 Å². The molecule has 2 nitrogen and oxygen atoms in total. The van der Waals surface area contributed by atoms with E-state index in [0.717, 1.165) is 3.57 Å². The molecule has 0 bridgehead atoms. The van der Waals surface area contributed by atoms with E-state index in [4.69, 9.17) is 0 Å². The number of carbonyl (C=O) groups is 1. The van der Waals surface area contributed by atoms with Crippen LogP contribution in [0.1, 0.15) is 10.4 Å². The lowest BCUT2D eigenvalue weighted by Gasteiger charge is -1.97. The van der Waals surface area contributed by atoms with Crippen LogP contribution in [0.4, 0.5) is 0 Å². The first-order valence-corrected chi connectivity index (χ1v) is 4.29. The summed E-state index contributed by atoms with van der Waals surface area (Å²) in [4.78, 5) is 11.0. The molecular formula is C8H8INO. The van der Waals surface area contributed by atoms with Gasteiger partial charge in [0.25, 0.3) is 5.91 Å². The third-order valence-corrected chi connectivity index (χ3v) is 2.05. The Hall–Kier alpha value is -0.580. The number of benzene rings is 1. The minimum atomic E-state index is -0.0404. The molecule has 1 aromatic carbocycles. The third kappa shape index (κ3) is 2.18. The Morgan fingerprint density at radius 1 is 1.36 bits per heavy atom. The van der Waals surface area contributed by atoms with Gasteiger partial charge in [0.1, 0.15) is 0 Å². The van der Waals surface area contributed by atoms with Crippen molar-refractivity contribution >= 4 is 28.5 Å². The van der Waals surface area contributed by atoms with Crippen LogP contribution in [-0.2, 0) is 0 Å². The highest BCUT2D eigenvalue weighted by molar-refractivity contribution is 14.1. The van der Waals surface area contributed by atoms with Gasteiger partial charge in [-0.1, -0.05) is 0 Å². The number of hydrogen-bond acceptors (Lipinski definition) is 1. The summed E-state index contributed by atoms with van der Waals surface area (Å²) >= 11 is 2.20. The van der Waals surface area contributed by atoms with E-state index in [-0.39, 0.29) is 5.91 Å². The lowest BCUT2D eigenvalue weighted by molar-refractivity contribution is 0.0963. The van der Waals surface area contributed by atoms with Gasteiger partial charge < -0.3 is 5.32 Å². The highest BCUT2D eigenvalue weighted by Gasteiger charge is 1.99. The van der Waals surface area contributed by atoms with Gasteiger partial charge in [-0.15, -0.1) is 0 Å². The standard InChI is InChI=1S/C8H8INO/c1-10-8(11)6-2-4-7(9)5-3-6/h2-5H,1H3,(H,10,11). The number of nitrogens with one attached hydrogen (secondary N) is 1. The first kappa shape index (κ1) is 8.52. The van der Waals surface area contributed by atoms with Gasteiger partial charge in [0.05, 0.1) is 0 Å². The fraction of sp³-hybridized carbons (Fsp3) is 0.125. The van der Waals surface area contributed by atoms with Crippen LogP contribution in [0.5, 0.6) is 0 Å². The van der Waals surface area contributed by atoms with E-state index in [1.807, 2.05) is 12.1 Å². The third-order valence-electron chi connectivity index (χ3n) is 1.33. The van der Waals surface area contributed by atoms with E-state index in [1.165, 1.54) is 0 Å². The lowest BCUT2D eigenvalue weighted by Crippen LogP contribution is -2.17. The van der Waals surface area contributed by atoms with Crippen LogP contribution in [0, 0.1) is 3.57 Å². The molecule has 0 fully saturated rings. The second kappa shape index (κ2) is 3.71. The first-order chi connectivity index (χ1) is 5.24. The van der Waals surface area contributed by atoms with E-state index < -0.39 is 0 Å². The number of carbonyl (C=O) groups excluding carboxylic acids is 1. The average Bonchev–Trinajstić information content (AvgIpc) is 2.05. The summed E-state index contributed by atoms with van der Waals surface area (Å²) in [6.07, 6.45) is 0. The molecule has 1 N–H and O–H groups in total. The number of hydrogen-bond donors (Lipinski definition) is 1. The summed E-state index contributed by atoms with van der Waals surface area (Å²) in [7, 11) is 1.63. The molecule has 0 saturated carbocycles. The van der Waals surface area contributed by atoms with Gasteiger partial charge in [0.15, 0.2) is 0 Å². The van der Waals surface area contributed by atoms with Gasteiger partial charge in [-0.3, -0.25) is 4.79 Å². The molecule has 58 valence electrons. The maximum Gasteiger partial charge on any atom is 0.251 e.